The number of ether oxygens (including phenoxy) is 1. The summed E-state index contributed by atoms with van der Waals surface area (Å²) in [5, 5.41) is 3.02. The fourth-order valence-electron chi connectivity index (χ4n) is 4.54. The van der Waals surface area contributed by atoms with Crippen LogP contribution in [0.15, 0.2) is 35.7 Å². The zero-order chi connectivity index (χ0) is 23.0. The Morgan fingerprint density at radius 3 is 2.48 bits per heavy atom. The number of amides is 2. The van der Waals surface area contributed by atoms with Crippen molar-refractivity contribution >= 4 is 29.2 Å². The third-order valence-corrected chi connectivity index (χ3v) is 7.26. The Hall–Kier alpha value is -2.67. The standard InChI is InChI=1S/C26H33N3O3S/c1-20-27-23(19-33-20)18-32-24-9-5-4-8-21(24)10-11-25(30)28-16-12-22(13-17-28)26(31)29-14-6-2-3-7-15-29/h4-5,8-11,19,22H,2-3,6-7,12-18H2,1H3/b11-10+. The van der Waals surface area contributed by atoms with Gasteiger partial charge in [0.1, 0.15) is 12.4 Å². The Labute approximate surface area is 200 Å². The number of aromatic nitrogens is 1. The number of hydrogen-bond donors (Lipinski definition) is 0. The van der Waals surface area contributed by atoms with Crippen molar-refractivity contribution in [3.8, 4) is 5.75 Å². The second kappa shape index (κ2) is 11.5. The molecule has 2 aromatic rings. The third-order valence-electron chi connectivity index (χ3n) is 6.44. The molecule has 33 heavy (non-hydrogen) atoms. The first-order valence-electron chi connectivity index (χ1n) is 12.0. The maximum absolute atomic E-state index is 12.9. The first-order chi connectivity index (χ1) is 16.1. The molecule has 0 spiro atoms. The molecule has 0 aliphatic carbocycles. The van der Waals surface area contributed by atoms with Crippen LogP contribution >= 0.6 is 11.3 Å². The van der Waals surface area contributed by atoms with Gasteiger partial charge in [0.05, 0.1) is 10.7 Å². The summed E-state index contributed by atoms with van der Waals surface area (Å²) in [7, 11) is 0. The van der Waals surface area contributed by atoms with Crippen LogP contribution in [0.4, 0.5) is 0 Å². The molecule has 0 saturated carbocycles. The van der Waals surface area contributed by atoms with E-state index in [1.807, 2.05) is 47.5 Å². The van der Waals surface area contributed by atoms with Crippen LogP contribution in [0.3, 0.4) is 0 Å². The van der Waals surface area contributed by atoms with Gasteiger partial charge in [-0.25, -0.2) is 4.98 Å². The van der Waals surface area contributed by atoms with Gasteiger partial charge in [0, 0.05) is 49.1 Å². The molecule has 1 aromatic carbocycles. The fourth-order valence-corrected chi connectivity index (χ4v) is 5.14. The van der Waals surface area contributed by atoms with E-state index in [9.17, 15) is 9.59 Å². The van der Waals surface area contributed by atoms with Gasteiger partial charge in [0.2, 0.25) is 11.8 Å². The van der Waals surface area contributed by atoms with Crippen LogP contribution in [0.25, 0.3) is 6.08 Å². The van der Waals surface area contributed by atoms with Gasteiger partial charge in [-0.3, -0.25) is 9.59 Å². The first kappa shape index (κ1) is 23.5. The van der Waals surface area contributed by atoms with E-state index in [2.05, 4.69) is 9.88 Å². The number of aryl methyl sites for hydroxylation is 1. The van der Waals surface area contributed by atoms with Crippen molar-refractivity contribution in [2.24, 2.45) is 5.92 Å². The van der Waals surface area contributed by atoms with Gasteiger partial charge >= 0.3 is 0 Å². The topological polar surface area (TPSA) is 62.7 Å². The lowest BCUT2D eigenvalue weighted by Gasteiger charge is -2.33. The van der Waals surface area contributed by atoms with Crippen molar-refractivity contribution in [2.75, 3.05) is 26.2 Å². The molecule has 0 N–H and O–H groups in total. The van der Waals surface area contributed by atoms with Crippen molar-refractivity contribution in [3.05, 3.63) is 52.0 Å². The average molecular weight is 468 g/mol. The van der Waals surface area contributed by atoms with Crippen molar-refractivity contribution in [2.45, 2.75) is 52.1 Å². The largest absolute Gasteiger partial charge is 0.487 e. The number of piperidine rings is 1. The number of nitrogens with zero attached hydrogens (tertiary/aromatic N) is 3. The van der Waals surface area contributed by atoms with Crippen molar-refractivity contribution in [3.63, 3.8) is 0 Å². The molecule has 6 nitrogen and oxygen atoms in total. The van der Waals surface area contributed by atoms with Crippen molar-refractivity contribution in [1.29, 1.82) is 0 Å². The highest BCUT2D eigenvalue weighted by Crippen LogP contribution is 2.24. The van der Waals surface area contributed by atoms with Crippen LogP contribution in [0.5, 0.6) is 5.75 Å². The third kappa shape index (κ3) is 6.44. The maximum Gasteiger partial charge on any atom is 0.246 e. The summed E-state index contributed by atoms with van der Waals surface area (Å²) in [6.45, 7) is 5.43. The molecule has 4 rings (SSSR count). The summed E-state index contributed by atoms with van der Waals surface area (Å²) in [5.41, 5.74) is 1.77. The number of hydrogen-bond acceptors (Lipinski definition) is 5. The van der Waals surface area contributed by atoms with Gasteiger partial charge in [0.15, 0.2) is 0 Å². The number of carbonyl (C=O) groups excluding carboxylic acids is 2. The second-order valence-corrected chi connectivity index (χ2v) is 9.92. The van der Waals surface area contributed by atoms with Crippen LogP contribution in [-0.2, 0) is 16.2 Å². The minimum absolute atomic E-state index is 0.0133. The molecule has 176 valence electrons. The molecule has 1 aromatic heterocycles. The summed E-state index contributed by atoms with van der Waals surface area (Å²) in [4.78, 5) is 34.0. The predicted molar refractivity (Wildman–Crippen MR) is 131 cm³/mol. The number of rotatable bonds is 6. The van der Waals surface area contributed by atoms with Crippen LogP contribution < -0.4 is 4.74 Å². The highest BCUT2D eigenvalue weighted by atomic mass is 32.1. The number of carbonyl (C=O) groups is 2. The average Bonchev–Trinajstić information content (AvgIpc) is 3.08. The Bertz CT molecular complexity index is 971. The van der Waals surface area contributed by atoms with E-state index in [1.165, 1.54) is 12.8 Å². The lowest BCUT2D eigenvalue weighted by molar-refractivity contribution is -0.139. The van der Waals surface area contributed by atoms with Gasteiger partial charge in [-0.2, -0.15) is 0 Å². The Morgan fingerprint density at radius 2 is 1.79 bits per heavy atom. The molecule has 3 heterocycles. The number of thiazole rings is 1. The minimum atomic E-state index is -0.0133. The normalized spacial score (nSPS) is 17.8. The predicted octanol–water partition coefficient (Wildman–Crippen LogP) is 4.68. The molecule has 7 heteroatoms. The van der Waals surface area contributed by atoms with E-state index >= 15 is 0 Å². The maximum atomic E-state index is 12.9. The molecule has 2 saturated heterocycles. The molecule has 2 aliphatic heterocycles. The smallest absolute Gasteiger partial charge is 0.246 e. The van der Waals surface area contributed by atoms with Crippen LogP contribution in [0, 0.1) is 12.8 Å². The number of benzene rings is 1. The first-order valence-corrected chi connectivity index (χ1v) is 12.9. The van der Waals surface area contributed by atoms with Gasteiger partial charge in [-0.1, -0.05) is 31.0 Å². The molecule has 0 atom stereocenters. The van der Waals surface area contributed by atoms with Crippen molar-refractivity contribution < 1.29 is 14.3 Å². The van der Waals surface area contributed by atoms with E-state index in [-0.39, 0.29) is 11.8 Å². The highest BCUT2D eigenvalue weighted by molar-refractivity contribution is 7.09. The van der Waals surface area contributed by atoms with E-state index in [1.54, 1.807) is 17.4 Å². The Balaban J connectivity index is 1.29. The van der Waals surface area contributed by atoms with Gasteiger partial charge in [-0.05, 0) is 44.7 Å². The molecule has 2 amide bonds. The fraction of sp³-hybridized carbons (Fsp3) is 0.500. The zero-order valence-electron chi connectivity index (χ0n) is 19.4. The summed E-state index contributed by atoms with van der Waals surface area (Å²) in [6.07, 6.45) is 9.61. The molecule has 2 aliphatic rings. The number of para-hydroxylation sites is 1. The monoisotopic (exact) mass is 467 g/mol. The van der Waals surface area contributed by atoms with Gasteiger partial charge < -0.3 is 14.5 Å². The van der Waals surface area contributed by atoms with E-state index in [4.69, 9.17) is 4.74 Å². The lowest BCUT2D eigenvalue weighted by Crippen LogP contribution is -2.44. The van der Waals surface area contributed by atoms with Gasteiger partial charge in [-0.15, -0.1) is 11.3 Å². The molecule has 0 unspecified atom stereocenters. The van der Waals surface area contributed by atoms with Crippen molar-refractivity contribution in [1.82, 2.24) is 14.8 Å². The number of likely N-dealkylation sites (tertiary alicyclic amines) is 2. The minimum Gasteiger partial charge on any atom is -0.487 e. The molecular weight excluding hydrogens is 434 g/mol. The Morgan fingerprint density at radius 1 is 1.06 bits per heavy atom. The SMILES string of the molecule is Cc1nc(COc2ccccc2/C=C/C(=O)N2CCC(C(=O)N3CCCCCC3)CC2)cs1. The van der Waals surface area contributed by atoms with Crippen LogP contribution in [0.2, 0.25) is 0 Å². The second-order valence-electron chi connectivity index (χ2n) is 8.86. The summed E-state index contributed by atoms with van der Waals surface area (Å²) < 4.78 is 5.95. The highest BCUT2D eigenvalue weighted by Gasteiger charge is 2.29. The van der Waals surface area contributed by atoms with Gasteiger partial charge in [0.25, 0.3) is 0 Å². The zero-order valence-corrected chi connectivity index (χ0v) is 20.2. The molecule has 2 fully saturated rings. The molecular formula is C26H33N3O3S. The van der Waals surface area contributed by atoms with Crippen LogP contribution in [0.1, 0.15) is 54.8 Å². The van der Waals surface area contributed by atoms with E-state index < -0.39 is 0 Å². The lowest BCUT2D eigenvalue weighted by atomic mass is 9.95. The van der Waals surface area contributed by atoms with Crippen LogP contribution in [-0.4, -0.2) is 52.8 Å². The van der Waals surface area contributed by atoms with E-state index in [0.29, 0.717) is 25.6 Å². The molecule has 0 radical (unpaired) electrons. The Kier molecular flexibility index (Phi) is 8.15. The summed E-state index contributed by atoms with van der Waals surface area (Å²) >= 11 is 1.61. The quantitative estimate of drug-likeness (QED) is 0.579. The summed E-state index contributed by atoms with van der Waals surface area (Å²) in [6, 6.07) is 7.71. The molecule has 0 bridgehead atoms. The van der Waals surface area contributed by atoms with E-state index in [0.717, 1.165) is 60.8 Å². The summed E-state index contributed by atoms with van der Waals surface area (Å²) in [5.74, 6) is 1.06.